The Kier molecular flexibility index (Phi) is 5.01. The van der Waals surface area contributed by atoms with Crippen LogP contribution in [0.1, 0.15) is 49.4 Å². The molecule has 1 aliphatic carbocycles. The number of ether oxygens (including phenoxy) is 2. The highest BCUT2D eigenvalue weighted by Gasteiger charge is 2.68. The number of benzene rings is 2. The van der Waals surface area contributed by atoms with E-state index in [9.17, 15) is 9.59 Å². The minimum atomic E-state index is -1.18. The maximum absolute atomic E-state index is 14.0. The van der Waals surface area contributed by atoms with Gasteiger partial charge >= 0.3 is 5.97 Å². The van der Waals surface area contributed by atoms with Crippen molar-refractivity contribution in [3.05, 3.63) is 60.2 Å². The second-order valence-electron chi connectivity index (χ2n) is 8.03. The molecular formula is C24H24N2O4S. The lowest BCUT2D eigenvalue weighted by molar-refractivity contribution is -0.134. The number of esters is 1. The van der Waals surface area contributed by atoms with E-state index in [1.807, 2.05) is 54.6 Å². The number of anilines is 1. The number of hydrogen-bond donors (Lipinski definition) is 0. The zero-order valence-electron chi connectivity index (χ0n) is 17.4. The Morgan fingerprint density at radius 2 is 1.81 bits per heavy atom. The molecule has 1 saturated carbocycles. The molecule has 160 valence electrons. The number of carbonyl (C=O) groups is 2. The quantitative estimate of drug-likeness (QED) is 0.631. The largest absolute Gasteiger partial charge is 0.461 e. The van der Waals surface area contributed by atoms with Crippen LogP contribution in [0.5, 0.6) is 5.75 Å². The van der Waals surface area contributed by atoms with E-state index in [4.69, 9.17) is 9.47 Å². The average Bonchev–Trinajstić information content (AvgIpc) is 3.20. The second kappa shape index (κ2) is 7.71. The number of hydrogen-bond acceptors (Lipinski definition) is 7. The van der Waals surface area contributed by atoms with Crippen LogP contribution in [-0.2, 0) is 9.53 Å². The number of carbonyl (C=O) groups excluding carboxylic acids is 2. The van der Waals surface area contributed by atoms with Crippen LogP contribution >= 0.6 is 11.8 Å². The first kappa shape index (κ1) is 20.1. The van der Waals surface area contributed by atoms with Gasteiger partial charge in [-0.15, -0.1) is 0 Å². The van der Waals surface area contributed by atoms with Gasteiger partial charge < -0.3 is 9.47 Å². The molecule has 6 nitrogen and oxygen atoms in total. The van der Waals surface area contributed by atoms with Crippen LogP contribution in [0.2, 0.25) is 0 Å². The number of fused-ring (bicyclic) bond motifs is 2. The Labute approximate surface area is 185 Å². The number of ketones is 1. The molecule has 1 atom stereocenters. The summed E-state index contributed by atoms with van der Waals surface area (Å²) >= 11 is 1.22. The van der Waals surface area contributed by atoms with Crippen LogP contribution in [0.15, 0.2) is 59.7 Å². The first-order chi connectivity index (χ1) is 15.1. The Morgan fingerprint density at radius 1 is 1.10 bits per heavy atom. The molecule has 0 N–H and O–H groups in total. The van der Waals surface area contributed by atoms with Crippen LogP contribution in [0.3, 0.4) is 0 Å². The summed E-state index contributed by atoms with van der Waals surface area (Å²) in [5, 5.41) is 5.44. The van der Waals surface area contributed by atoms with Gasteiger partial charge in [-0.2, -0.15) is 5.10 Å². The number of nitrogens with zero attached hydrogens (tertiary/aromatic N) is 2. The average molecular weight is 437 g/mol. The van der Waals surface area contributed by atoms with Crippen molar-refractivity contribution in [2.24, 2.45) is 10.5 Å². The lowest BCUT2D eigenvalue weighted by Crippen LogP contribution is -2.64. The van der Waals surface area contributed by atoms with Gasteiger partial charge in [0, 0.05) is 0 Å². The van der Waals surface area contributed by atoms with Gasteiger partial charge in [-0.05, 0) is 55.8 Å². The van der Waals surface area contributed by atoms with Gasteiger partial charge in [-0.25, -0.2) is 9.80 Å². The molecule has 31 heavy (non-hydrogen) atoms. The van der Waals surface area contributed by atoms with Gasteiger partial charge in [0.05, 0.1) is 17.9 Å². The van der Waals surface area contributed by atoms with Crippen molar-refractivity contribution in [3.63, 3.8) is 0 Å². The van der Waals surface area contributed by atoms with Crippen molar-refractivity contribution in [1.82, 2.24) is 0 Å². The monoisotopic (exact) mass is 436 g/mol. The van der Waals surface area contributed by atoms with Gasteiger partial charge in [-0.3, -0.25) is 4.79 Å². The van der Waals surface area contributed by atoms with E-state index >= 15 is 0 Å². The molecule has 7 heteroatoms. The molecule has 2 heterocycles. The highest BCUT2D eigenvalue weighted by atomic mass is 32.2. The summed E-state index contributed by atoms with van der Waals surface area (Å²) in [6.07, 6.45) is 4.30. The van der Waals surface area contributed by atoms with Crippen LogP contribution in [0.4, 0.5) is 5.69 Å². The summed E-state index contributed by atoms with van der Waals surface area (Å²) in [5.74, 6) is 0.103. The molecule has 0 bridgehead atoms. The Morgan fingerprint density at radius 3 is 2.55 bits per heavy atom. The van der Waals surface area contributed by atoms with Gasteiger partial charge in [0.15, 0.2) is 5.78 Å². The third-order valence-electron chi connectivity index (χ3n) is 6.28. The van der Waals surface area contributed by atoms with Crippen molar-refractivity contribution in [1.29, 1.82) is 0 Å². The van der Waals surface area contributed by atoms with Crippen LogP contribution < -0.4 is 9.75 Å². The van der Waals surface area contributed by atoms with Gasteiger partial charge in [-0.1, -0.05) is 49.6 Å². The molecule has 1 fully saturated rings. The lowest BCUT2D eigenvalue weighted by Gasteiger charge is -2.53. The standard InChI is InChI=1S/C24H24N2O4S/c1-2-29-22(28)21-25-26(17-11-5-3-6-12-17)24(31-21)23(15-9-4-10-16-23)20(27)18-13-7-8-14-19(18)30-24/h3,5-8,11-14H,2,4,9-10,15-16H2,1H3/t24-/m0/s1. The van der Waals surface area contributed by atoms with Crippen LogP contribution in [-0.4, -0.2) is 28.5 Å². The Balaban J connectivity index is 1.71. The van der Waals surface area contributed by atoms with Crippen molar-refractivity contribution < 1.29 is 19.1 Å². The zero-order chi connectivity index (χ0) is 21.5. The Bertz CT molecular complexity index is 1050. The highest BCUT2D eigenvalue weighted by Crippen LogP contribution is 2.61. The summed E-state index contributed by atoms with van der Waals surface area (Å²) in [7, 11) is 0. The minimum absolute atomic E-state index is 0.0720. The zero-order valence-corrected chi connectivity index (χ0v) is 18.2. The number of thioether (sulfide) groups is 1. The van der Waals surface area contributed by atoms with Crippen molar-refractivity contribution >= 4 is 34.2 Å². The van der Waals surface area contributed by atoms with Gasteiger partial charge in [0.25, 0.3) is 5.06 Å². The van der Waals surface area contributed by atoms with E-state index in [-0.39, 0.29) is 17.4 Å². The summed E-state index contributed by atoms with van der Waals surface area (Å²) in [6, 6.07) is 17.0. The van der Waals surface area contributed by atoms with E-state index in [0.717, 1.165) is 24.9 Å². The van der Waals surface area contributed by atoms with Gasteiger partial charge in [0.1, 0.15) is 11.2 Å². The number of hydrazone groups is 1. The molecule has 0 amide bonds. The Hall–Kier alpha value is -2.80. The number of para-hydroxylation sites is 2. The first-order valence-electron chi connectivity index (χ1n) is 10.7. The lowest BCUT2D eigenvalue weighted by atomic mass is 9.66. The molecular weight excluding hydrogens is 412 g/mol. The topological polar surface area (TPSA) is 68.2 Å². The molecule has 0 aromatic heterocycles. The molecule has 0 saturated heterocycles. The molecule has 0 radical (unpaired) electrons. The molecule has 2 aromatic rings. The van der Waals surface area contributed by atoms with E-state index in [1.54, 1.807) is 11.9 Å². The van der Waals surface area contributed by atoms with E-state index in [0.29, 0.717) is 24.2 Å². The van der Waals surface area contributed by atoms with Gasteiger partial charge in [0.2, 0.25) is 5.04 Å². The SMILES string of the molecule is CCOC(=O)C1=NN(c2ccccc2)[C@@]2(Oc3ccccc3C(=O)C23CCCCC3)S1. The molecule has 2 aromatic carbocycles. The fourth-order valence-corrected chi connectivity index (χ4v) is 6.26. The molecule has 2 aliphatic heterocycles. The fraction of sp³-hybridized carbons (Fsp3) is 0.375. The third-order valence-corrected chi connectivity index (χ3v) is 7.65. The summed E-state index contributed by atoms with van der Waals surface area (Å²) in [4.78, 5) is 26.8. The van der Waals surface area contributed by atoms with Crippen molar-refractivity contribution in [3.8, 4) is 5.75 Å². The van der Waals surface area contributed by atoms with E-state index in [1.165, 1.54) is 11.8 Å². The first-order valence-corrected chi connectivity index (χ1v) is 11.6. The fourth-order valence-electron chi connectivity index (χ4n) is 4.88. The summed E-state index contributed by atoms with van der Waals surface area (Å²) < 4.78 is 12.0. The number of Topliss-reactive ketones (excluding diaryl/α,β-unsaturated/α-hetero) is 1. The molecule has 2 spiro atoms. The van der Waals surface area contributed by atoms with Crippen LogP contribution in [0.25, 0.3) is 0 Å². The smallest absolute Gasteiger partial charge is 0.365 e. The van der Waals surface area contributed by atoms with Crippen LogP contribution in [0, 0.1) is 5.41 Å². The third kappa shape index (κ3) is 2.97. The second-order valence-corrected chi connectivity index (χ2v) is 9.17. The maximum Gasteiger partial charge on any atom is 0.365 e. The van der Waals surface area contributed by atoms with E-state index < -0.39 is 16.4 Å². The normalized spacial score (nSPS) is 24.0. The highest BCUT2D eigenvalue weighted by molar-refractivity contribution is 8.17. The summed E-state index contributed by atoms with van der Waals surface area (Å²) in [5.41, 5.74) is 0.553. The number of rotatable bonds is 3. The van der Waals surface area contributed by atoms with E-state index in [2.05, 4.69) is 5.10 Å². The summed E-state index contributed by atoms with van der Waals surface area (Å²) in [6.45, 7) is 2.02. The molecule has 0 unspecified atom stereocenters. The van der Waals surface area contributed by atoms with Crippen molar-refractivity contribution in [2.75, 3.05) is 11.6 Å². The maximum atomic E-state index is 14.0. The van der Waals surface area contributed by atoms with Crippen molar-refractivity contribution in [2.45, 2.75) is 44.1 Å². The molecule has 3 aliphatic rings. The predicted molar refractivity (Wildman–Crippen MR) is 120 cm³/mol. The minimum Gasteiger partial charge on any atom is -0.461 e. The molecule has 5 rings (SSSR count). The predicted octanol–water partition coefficient (Wildman–Crippen LogP) is 5.00.